The van der Waals surface area contributed by atoms with Gasteiger partial charge >= 0.3 is 0 Å². The zero-order chi connectivity index (χ0) is 26.3. The highest BCUT2D eigenvalue weighted by molar-refractivity contribution is 5.69. The Morgan fingerprint density at radius 3 is 2.82 bits per heavy atom. The minimum Gasteiger partial charge on any atom is -0.489 e. The molecule has 8 nitrogen and oxygen atoms in total. The van der Waals surface area contributed by atoms with E-state index in [9.17, 15) is 0 Å². The average molecular weight is 514 g/mol. The van der Waals surface area contributed by atoms with Crippen LogP contribution in [0.5, 0.6) is 5.75 Å². The van der Waals surface area contributed by atoms with Crippen molar-refractivity contribution >= 4 is 11.6 Å². The zero-order valence-electron chi connectivity index (χ0n) is 22.3. The molecule has 0 radical (unpaired) electrons. The molecule has 2 aromatic carbocycles. The molecule has 1 fully saturated rings. The van der Waals surface area contributed by atoms with Crippen molar-refractivity contribution < 1.29 is 14.0 Å². The van der Waals surface area contributed by atoms with E-state index >= 15 is 0 Å². The van der Waals surface area contributed by atoms with E-state index in [0.29, 0.717) is 12.6 Å². The van der Waals surface area contributed by atoms with Crippen molar-refractivity contribution in [1.82, 2.24) is 20.0 Å². The average Bonchev–Trinajstić information content (AvgIpc) is 3.34. The molecule has 4 aromatic rings. The Kier molecular flexibility index (Phi) is 8.31. The summed E-state index contributed by atoms with van der Waals surface area (Å²) in [6.07, 6.45) is 4.05. The molecule has 0 aliphatic carbocycles. The smallest absolute Gasteiger partial charge is 0.227 e. The van der Waals surface area contributed by atoms with E-state index in [2.05, 4.69) is 32.5 Å². The van der Waals surface area contributed by atoms with Crippen LogP contribution in [0.25, 0.3) is 11.3 Å². The zero-order valence-corrected chi connectivity index (χ0v) is 22.3. The number of nitrogens with one attached hydrogen (secondary N) is 1. The Hall–Kier alpha value is -3.75. The Bertz CT molecular complexity index is 1340. The second-order valence-electron chi connectivity index (χ2n) is 9.78. The first kappa shape index (κ1) is 25.9. The molecule has 38 heavy (non-hydrogen) atoms. The fourth-order valence-corrected chi connectivity index (χ4v) is 4.95. The summed E-state index contributed by atoms with van der Waals surface area (Å²) in [6.45, 7) is 8.17. The summed E-state index contributed by atoms with van der Waals surface area (Å²) >= 11 is 0. The van der Waals surface area contributed by atoms with Gasteiger partial charge in [0.2, 0.25) is 5.95 Å². The molecule has 1 saturated heterocycles. The molecule has 1 aliphatic heterocycles. The third-order valence-corrected chi connectivity index (χ3v) is 6.94. The second kappa shape index (κ2) is 12.2. The maximum Gasteiger partial charge on any atom is 0.227 e. The third-order valence-electron chi connectivity index (χ3n) is 6.94. The largest absolute Gasteiger partial charge is 0.489 e. The van der Waals surface area contributed by atoms with Crippen LogP contribution >= 0.6 is 0 Å². The first-order valence-electron chi connectivity index (χ1n) is 13.2. The quantitative estimate of drug-likeness (QED) is 0.281. The molecule has 0 bridgehead atoms. The number of aromatic nitrogens is 3. The van der Waals surface area contributed by atoms with Gasteiger partial charge in [0, 0.05) is 44.1 Å². The van der Waals surface area contributed by atoms with Crippen LogP contribution in [0.4, 0.5) is 11.6 Å². The Morgan fingerprint density at radius 1 is 1.11 bits per heavy atom. The van der Waals surface area contributed by atoms with Gasteiger partial charge in [-0.25, -0.2) is 9.97 Å². The number of rotatable bonds is 10. The van der Waals surface area contributed by atoms with Gasteiger partial charge in [-0.1, -0.05) is 41.6 Å². The van der Waals surface area contributed by atoms with Gasteiger partial charge in [-0.15, -0.1) is 0 Å². The van der Waals surface area contributed by atoms with Gasteiger partial charge < -0.3 is 24.2 Å². The summed E-state index contributed by atoms with van der Waals surface area (Å²) in [7, 11) is 1.75. The molecule has 1 aliphatic rings. The third kappa shape index (κ3) is 6.20. The van der Waals surface area contributed by atoms with Gasteiger partial charge in [-0.05, 0) is 56.5 Å². The van der Waals surface area contributed by atoms with E-state index < -0.39 is 0 Å². The van der Waals surface area contributed by atoms with Gasteiger partial charge in [0.1, 0.15) is 18.1 Å². The van der Waals surface area contributed by atoms with Crippen LogP contribution < -0.4 is 10.1 Å². The molecule has 5 rings (SSSR count). The first-order chi connectivity index (χ1) is 18.6. The van der Waals surface area contributed by atoms with E-state index in [0.717, 1.165) is 84.4 Å². The van der Waals surface area contributed by atoms with Gasteiger partial charge in [0.25, 0.3) is 0 Å². The van der Waals surface area contributed by atoms with E-state index in [1.807, 2.05) is 62.5 Å². The number of hydrogen-bond donors (Lipinski definition) is 1. The molecule has 0 saturated carbocycles. The lowest BCUT2D eigenvalue weighted by molar-refractivity contribution is 0.127. The molecule has 3 heterocycles. The van der Waals surface area contributed by atoms with Gasteiger partial charge in [0.05, 0.1) is 23.6 Å². The SMILES string of the molecule is COCCN1CCCC(c2noc(C)c2-c2nc(Nc3cccc(OCc4ccccc4)c3)ncc2C)C1. The normalized spacial score (nSPS) is 15.9. The minimum absolute atomic E-state index is 0.289. The monoisotopic (exact) mass is 513 g/mol. The highest BCUT2D eigenvalue weighted by Gasteiger charge is 2.29. The number of benzene rings is 2. The summed E-state index contributed by atoms with van der Waals surface area (Å²) < 4.78 is 17.0. The topological polar surface area (TPSA) is 85.5 Å². The van der Waals surface area contributed by atoms with E-state index in [1.54, 1.807) is 7.11 Å². The van der Waals surface area contributed by atoms with E-state index in [-0.39, 0.29) is 5.92 Å². The predicted molar refractivity (Wildman–Crippen MR) is 148 cm³/mol. The maximum absolute atomic E-state index is 5.99. The van der Waals surface area contributed by atoms with Gasteiger partial charge in [-0.2, -0.15) is 0 Å². The molecular formula is C30H35N5O3. The maximum atomic E-state index is 5.99. The lowest BCUT2D eigenvalue weighted by atomic mass is 9.90. The molecule has 1 unspecified atom stereocenters. The fraction of sp³-hybridized carbons (Fsp3) is 0.367. The van der Waals surface area contributed by atoms with Crippen molar-refractivity contribution in [1.29, 1.82) is 0 Å². The summed E-state index contributed by atoms with van der Waals surface area (Å²) in [4.78, 5) is 11.9. The molecule has 1 atom stereocenters. The molecule has 0 spiro atoms. The number of hydrogen-bond acceptors (Lipinski definition) is 8. The first-order valence-corrected chi connectivity index (χ1v) is 13.2. The van der Waals surface area contributed by atoms with E-state index in [1.165, 1.54) is 0 Å². The van der Waals surface area contributed by atoms with Crippen molar-refractivity contribution in [3.8, 4) is 17.0 Å². The van der Waals surface area contributed by atoms with Crippen LogP contribution in [0.15, 0.2) is 65.3 Å². The molecule has 8 heteroatoms. The van der Waals surface area contributed by atoms with Gasteiger partial charge in [0.15, 0.2) is 0 Å². The fourth-order valence-electron chi connectivity index (χ4n) is 4.95. The Labute approximate surface area is 224 Å². The van der Waals surface area contributed by atoms with Crippen molar-refractivity contribution in [3.63, 3.8) is 0 Å². The van der Waals surface area contributed by atoms with Gasteiger partial charge in [-0.3, -0.25) is 0 Å². The number of aryl methyl sites for hydroxylation is 2. The lowest BCUT2D eigenvalue weighted by Crippen LogP contribution is -2.36. The molecule has 198 valence electrons. The standard InChI is InChI=1S/C30H35N5O3/c1-21-18-31-30(32-25-12-7-13-26(17-25)37-20-23-9-5-4-6-10-23)33-28(21)27-22(2)38-34-29(27)24-11-8-14-35(19-24)15-16-36-3/h4-7,9-10,12-13,17-18,24H,8,11,14-16,19-20H2,1-3H3,(H,31,32,33). The number of nitrogens with zero attached hydrogens (tertiary/aromatic N) is 4. The highest BCUT2D eigenvalue weighted by atomic mass is 16.5. The number of methoxy groups -OCH3 is 1. The van der Waals surface area contributed by atoms with Crippen molar-refractivity contribution in [3.05, 3.63) is 83.4 Å². The molecule has 1 N–H and O–H groups in total. The number of anilines is 2. The van der Waals surface area contributed by atoms with Crippen LogP contribution in [-0.2, 0) is 11.3 Å². The minimum atomic E-state index is 0.289. The second-order valence-corrected chi connectivity index (χ2v) is 9.78. The molecule has 0 amide bonds. The lowest BCUT2D eigenvalue weighted by Gasteiger charge is -2.31. The van der Waals surface area contributed by atoms with Crippen LogP contribution in [-0.4, -0.2) is 53.4 Å². The number of likely N-dealkylation sites (tertiary alicyclic amines) is 1. The predicted octanol–water partition coefficient (Wildman–Crippen LogP) is 5.90. The van der Waals surface area contributed by atoms with Crippen molar-refractivity contribution in [2.24, 2.45) is 0 Å². The van der Waals surface area contributed by atoms with E-state index in [4.69, 9.17) is 19.0 Å². The number of piperidine rings is 1. The van der Waals surface area contributed by atoms with Crippen LogP contribution in [0.2, 0.25) is 0 Å². The summed E-state index contributed by atoms with van der Waals surface area (Å²) in [6, 6.07) is 18.0. The van der Waals surface area contributed by atoms with Crippen LogP contribution in [0.3, 0.4) is 0 Å². The highest BCUT2D eigenvalue weighted by Crippen LogP contribution is 2.37. The summed E-state index contributed by atoms with van der Waals surface area (Å²) in [5, 5.41) is 7.86. The summed E-state index contributed by atoms with van der Waals surface area (Å²) in [5.74, 6) is 2.36. The van der Waals surface area contributed by atoms with Crippen LogP contribution in [0, 0.1) is 13.8 Å². The van der Waals surface area contributed by atoms with Crippen molar-refractivity contribution in [2.45, 2.75) is 39.2 Å². The van der Waals surface area contributed by atoms with Crippen molar-refractivity contribution in [2.75, 3.05) is 38.7 Å². The Balaban J connectivity index is 1.34. The summed E-state index contributed by atoms with van der Waals surface area (Å²) in [5.41, 5.74) is 5.77. The molecular weight excluding hydrogens is 478 g/mol. The molecule has 2 aromatic heterocycles. The Morgan fingerprint density at radius 2 is 1.97 bits per heavy atom. The van der Waals surface area contributed by atoms with Crippen LogP contribution in [0.1, 0.15) is 41.3 Å². The number of ether oxygens (including phenoxy) is 2.